The lowest BCUT2D eigenvalue weighted by Crippen LogP contribution is -2.61. The largest absolute Gasteiger partial charge is 0.394 e. The van der Waals surface area contributed by atoms with Gasteiger partial charge in [0.15, 0.2) is 18.9 Å². The van der Waals surface area contributed by atoms with Crippen molar-refractivity contribution in [1.29, 1.82) is 0 Å². The van der Waals surface area contributed by atoms with Gasteiger partial charge in [0.25, 0.3) is 0 Å². The fraction of sp³-hybridized carbons (Fsp3) is 1.00. The second-order valence-corrected chi connectivity index (χ2v) is 8.31. The van der Waals surface area contributed by atoms with Crippen LogP contribution in [0.3, 0.4) is 0 Å². The van der Waals surface area contributed by atoms with Crippen LogP contribution in [-0.2, 0) is 23.7 Å². The van der Waals surface area contributed by atoms with E-state index in [0.29, 0.717) is 0 Å². The van der Waals surface area contributed by atoms with Crippen LogP contribution in [0.25, 0.3) is 0 Å². The van der Waals surface area contributed by atoms with E-state index in [2.05, 4.69) is 0 Å². The van der Waals surface area contributed by atoms with E-state index in [1.807, 2.05) is 0 Å². The molecule has 3 aliphatic heterocycles. The Labute approximate surface area is 187 Å². The van der Waals surface area contributed by atoms with Crippen LogP contribution in [-0.4, -0.2) is 151 Å². The van der Waals surface area contributed by atoms with Gasteiger partial charge in [-0.05, 0) is 0 Å². The Morgan fingerprint density at radius 1 is 0.531 bits per heavy atom. The highest BCUT2D eigenvalue weighted by atomic mass is 35.5. The normalized spacial score (nSPS) is 52.3. The van der Waals surface area contributed by atoms with Crippen LogP contribution in [0.5, 0.6) is 0 Å². The van der Waals surface area contributed by atoms with Gasteiger partial charge in [-0.15, -0.1) is 11.6 Å². The molecule has 0 aromatic heterocycles. The molecule has 3 aliphatic rings. The van der Waals surface area contributed by atoms with E-state index in [1.165, 1.54) is 0 Å². The molecule has 0 saturated carbocycles. The molecular formula is C17H29ClO14. The molecule has 14 atom stereocenters. The Balaban J connectivity index is 1.75. The molecule has 15 heteroatoms. The van der Waals surface area contributed by atoms with Gasteiger partial charge in [-0.2, -0.15) is 0 Å². The molecule has 0 aromatic carbocycles. The Bertz CT molecular complexity index is 598. The van der Waals surface area contributed by atoms with Gasteiger partial charge in [0.2, 0.25) is 0 Å². The Kier molecular flexibility index (Phi) is 9.04. The van der Waals surface area contributed by atoms with Gasteiger partial charge in [-0.3, -0.25) is 0 Å². The molecule has 0 aliphatic carbocycles. The van der Waals surface area contributed by atoms with Crippen molar-refractivity contribution in [2.75, 3.05) is 19.8 Å². The van der Waals surface area contributed by atoms with Crippen LogP contribution < -0.4 is 0 Å². The summed E-state index contributed by atoms with van der Waals surface area (Å²) in [6.07, 6.45) is -19.8. The summed E-state index contributed by atoms with van der Waals surface area (Å²) in [5.41, 5.74) is 0. The molecule has 3 saturated heterocycles. The predicted octanol–water partition coefficient (Wildman–Crippen LogP) is -5.69. The van der Waals surface area contributed by atoms with Crippen LogP contribution in [0.2, 0.25) is 0 Å². The number of ether oxygens (including phenoxy) is 5. The van der Waals surface area contributed by atoms with E-state index >= 15 is 0 Å². The van der Waals surface area contributed by atoms with Gasteiger partial charge in [-0.1, -0.05) is 0 Å². The minimum absolute atomic E-state index is 0.601. The lowest BCUT2D eigenvalue weighted by atomic mass is 9.99. The molecule has 0 spiro atoms. The van der Waals surface area contributed by atoms with Crippen LogP contribution in [0.4, 0.5) is 0 Å². The lowest BCUT2D eigenvalue weighted by molar-refractivity contribution is -0.351. The Hall–Kier alpha value is -0.270. The number of halogens is 1. The molecule has 3 heterocycles. The zero-order chi connectivity index (χ0) is 23.7. The first kappa shape index (κ1) is 26.3. The van der Waals surface area contributed by atoms with Gasteiger partial charge in [-0.25, -0.2) is 0 Å². The summed E-state index contributed by atoms with van der Waals surface area (Å²) in [5.74, 6) is 0. The third-order valence-electron chi connectivity index (χ3n) is 5.68. The molecule has 0 radical (unpaired) electrons. The monoisotopic (exact) mass is 492 g/mol. The second-order valence-electron chi connectivity index (χ2n) is 7.80. The van der Waals surface area contributed by atoms with Crippen LogP contribution in [0.15, 0.2) is 0 Å². The molecular weight excluding hydrogens is 464 g/mol. The fourth-order valence-corrected chi connectivity index (χ4v) is 4.02. The fourth-order valence-electron chi connectivity index (χ4n) is 3.73. The topological polar surface area (TPSA) is 228 Å². The molecule has 3 rings (SSSR count). The summed E-state index contributed by atoms with van der Waals surface area (Å²) in [6.45, 7) is -1.98. The van der Waals surface area contributed by atoms with Gasteiger partial charge in [0.05, 0.1) is 25.2 Å². The third kappa shape index (κ3) is 5.05. The SMILES string of the molecule is OC[C@H]1O[C@@H](O[C@@H]2[C@H](O[C@H]3O[C@H](CO)[C@@H](Cl)[C@H](O)[C@H]3O)O[C@H](CO)[C@H]2O)[C@H](O)[C@@H](O)[C@@H]1O. The minimum Gasteiger partial charge on any atom is -0.394 e. The van der Waals surface area contributed by atoms with E-state index in [9.17, 15) is 46.0 Å². The molecule has 0 amide bonds. The smallest absolute Gasteiger partial charge is 0.190 e. The highest BCUT2D eigenvalue weighted by Crippen LogP contribution is 2.33. The number of aliphatic hydroxyl groups is 9. The van der Waals surface area contributed by atoms with E-state index < -0.39 is 105 Å². The molecule has 14 nitrogen and oxygen atoms in total. The number of hydrogen-bond donors (Lipinski definition) is 9. The van der Waals surface area contributed by atoms with Crippen LogP contribution in [0, 0.1) is 0 Å². The van der Waals surface area contributed by atoms with E-state index in [1.54, 1.807) is 0 Å². The standard InChI is InChI=1S/C17H29ClO14/c18-7-4(1-19)28-16(12(26)10(7)24)32-17-14(9(23)6(3-21)30-17)31-15-13(27)11(25)8(22)5(2-20)29-15/h4-17,19-27H,1-3H2/t4-,5-,6-,7-,8-,9-,10+,11+,12-,13-,14+,15+,16-,17+/m1/s1. The van der Waals surface area contributed by atoms with Crippen LogP contribution >= 0.6 is 11.6 Å². The Morgan fingerprint density at radius 2 is 1.00 bits per heavy atom. The zero-order valence-electron chi connectivity index (χ0n) is 16.6. The van der Waals surface area contributed by atoms with E-state index in [4.69, 9.17) is 35.3 Å². The molecule has 0 aromatic rings. The Morgan fingerprint density at radius 3 is 1.59 bits per heavy atom. The lowest BCUT2D eigenvalue weighted by Gasteiger charge is -2.42. The number of hydrogen-bond acceptors (Lipinski definition) is 14. The summed E-state index contributed by atoms with van der Waals surface area (Å²) in [6, 6.07) is 0. The average Bonchev–Trinajstić information content (AvgIpc) is 3.08. The summed E-state index contributed by atoms with van der Waals surface area (Å²) in [4.78, 5) is 0. The van der Waals surface area contributed by atoms with E-state index in [0.717, 1.165) is 0 Å². The average molecular weight is 493 g/mol. The van der Waals surface area contributed by atoms with Crippen molar-refractivity contribution in [1.82, 2.24) is 0 Å². The first-order valence-corrected chi connectivity index (χ1v) is 10.4. The maximum absolute atomic E-state index is 10.5. The molecule has 0 unspecified atom stereocenters. The first-order valence-electron chi connectivity index (χ1n) is 9.96. The van der Waals surface area contributed by atoms with Crippen molar-refractivity contribution in [2.24, 2.45) is 0 Å². The number of aliphatic hydroxyl groups excluding tert-OH is 9. The molecule has 9 N–H and O–H groups in total. The summed E-state index contributed by atoms with van der Waals surface area (Å²) < 4.78 is 27.0. The van der Waals surface area contributed by atoms with Crippen molar-refractivity contribution in [3.8, 4) is 0 Å². The number of rotatable bonds is 7. The highest BCUT2D eigenvalue weighted by Gasteiger charge is 2.53. The molecule has 3 fully saturated rings. The van der Waals surface area contributed by atoms with Gasteiger partial charge < -0.3 is 69.6 Å². The molecule has 0 bridgehead atoms. The highest BCUT2D eigenvalue weighted by molar-refractivity contribution is 6.21. The maximum Gasteiger partial charge on any atom is 0.190 e. The predicted molar refractivity (Wildman–Crippen MR) is 98.9 cm³/mol. The molecule has 188 valence electrons. The van der Waals surface area contributed by atoms with Crippen molar-refractivity contribution >= 4 is 11.6 Å². The van der Waals surface area contributed by atoms with Crippen molar-refractivity contribution < 1.29 is 69.6 Å². The first-order chi connectivity index (χ1) is 15.1. The second kappa shape index (κ2) is 11.0. The summed E-state index contributed by atoms with van der Waals surface area (Å²) in [7, 11) is 0. The van der Waals surface area contributed by atoms with Crippen molar-refractivity contribution in [3.63, 3.8) is 0 Å². The number of alkyl halides is 1. The van der Waals surface area contributed by atoms with Gasteiger partial charge in [0, 0.05) is 0 Å². The van der Waals surface area contributed by atoms with Gasteiger partial charge >= 0.3 is 0 Å². The van der Waals surface area contributed by atoms with E-state index in [-0.39, 0.29) is 0 Å². The van der Waals surface area contributed by atoms with Crippen molar-refractivity contribution in [3.05, 3.63) is 0 Å². The quantitative estimate of drug-likeness (QED) is 0.151. The summed E-state index contributed by atoms with van der Waals surface area (Å²) >= 11 is 5.92. The van der Waals surface area contributed by atoms with Crippen molar-refractivity contribution in [2.45, 2.75) is 85.3 Å². The summed E-state index contributed by atoms with van der Waals surface area (Å²) in [5, 5.41) is 87.7. The molecule has 32 heavy (non-hydrogen) atoms. The maximum atomic E-state index is 10.5. The minimum atomic E-state index is -1.79. The van der Waals surface area contributed by atoms with Crippen LogP contribution in [0.1, 0.15) is 0 Å². The zero-order valence-corrected chi connectivity index (χ0v) is 17.4. The third-order valence-corrected chi connectivity index (χ3v) is 6.22. The van der Waals surface area contributed by atoms with Gasteiger partial charge in [0.1, 0.15) is 61.0 Å².